The monoisotopic (exact) mass is 270 g/mol. The van der Waals surface area contributed by atoms with Gasteiger partial charge in [-0.15, -0.1) is 11.3 Å². The molecule has 0 aliphatic rings. The van der Waals surface area contributed by atoms with Crippen LogP contribution < -0.4 is 4.74 Å². The molecule has 0 amide bonds. The lowest BCUT2D eigenvalue weighted by atomic mass is 10.1. The summed E-state index contributed by atoms with van der Waals surface area (Å²) in [6, 6.07) is 3.47. The lowest BCUT2D eigenvalue weighted by Crippen LogP contribution is -2.03. The Morgan fingerprint density at radius 3 is 3.00 bits per heavy atom. The Kier molecular flexibility index (Phi) is 3.93. The van der Waals surface area contributed by atoms with Crippen LogP contribution >= 0.6 is 22.9 Å². The zero-order valence-corrected chi connectivity index (χ0v) is 10.7. The van der Waals surface area contributed by atoms with Crippen LogP contribution in [0.5, 0.6) is 5.88 Å². The molecule has 2 aromatic rings. The molecule has 1 unspecified atom stereocenters. The zero-order chi connectivity index (χ0) is 12.3. The van der Waals surface area contributed by atoms with Crippen LogP contribution in [0.3, 0.4) is 0 Å². The van der Waals surface area contributed by atoms with Crippen LogP contribution in [0, 0.1) is 0 Å². The molecule has 90 valence electrons. The number of aliphatic hydroxyl groups excluding tert-OH is 1. The van der Waals surface area contributed by atoms with Crippen LogP contribution in [0.2, 0.25) is 5.02 Å². The molecule has 0 spiro atoms. The van der Waals surface area contributed by atoms with E-state index in [2.05, 4.69) is 9.97 Å². The van der Waals surface area contributed by atoms with E-state index in [9.17, 15) is 5.11 Å². The predicted octanol–water partition coefficient (Wildman–Crippen LogP) is 2.48. The van der Waals surface area contributed by atoms with Crippen LogP contribution in [-0.2, 0) is 6.42 Å². The molecular weight excluding hydrogens is 260 g/mol. The molecule has 0 saturated heterocycles. The van der Waals surface area contributed by atoms with E-state index in [1.165, 1.54) is 17.7 Å². The Balaban J connectivity index is 2.13. The molecule has 4 nitrogen and oxygen atoms in total. The first-order valence-corrected chi connectivity index (χ1v) is 6.22. The highest BCUT2D eigenvalue weighted by Gasteiger charge is 2.14. The van der Waals surface area contributed by atoms with Gasteiger partial charge in [-0.3, -0.25) is 0 Å². The highest BCUT2D eigenvalue weighted by molar-refractivity contribution is 7.10. The molecule has 1 atom stereocenters. The van der Waals surface area contributed by atoms with Crippen LogP contribution in [0.1, 0.15) is 16.7 Å². The summed E-state index contributed by atoms with van der Waals surface area (Å²) in [6.07, 6.45) is 1.15. The molecule has 0 fully saturated rings. The van der Waals surface area contributed by atoms with Gasteiger partial charge in [0.1, 0.15) is 6.33 Å². The van der Waals surface area contributed by atoms with Gasteiger partial charge in [-0.25, -0.2) is 9.97 Å². The summed E-state index contributed by atoms with van der Waals surface area (Å²) in [5, 5.41) is 12.5. The Morgan fingerprint density at radius 2 is 2.35 bits per heavy atom. The van der Waals surface area contributed by atoms with Crippen molar-refractivity contribution in [2.24, 2.45) is 0 Å². The molecule has 0 saturated carbocycles. The van der Waals surface area contributed by atoms with Crippen molar-refractivity contribution in [3.63, 3.8) is 0 Å². The van der Waals surface area contributed by atoms with Gasteiger partial charge in [-0.2, -0.15) is 0 Å². The molecule has 6 heteroatoms. The fourth-order valence-electron chi connectivity index (χ4n) is 1.43. The molecule has 0 radical (unpaired) electrons. The first-order valence-electron chi connectivity index (χ1n) is 4.96. The normalized spacial score (nSPS) is 12.4. The van der Waals surface area contributed by atoms with Gasteiger partial charge in [0, 0.05) is 12.5 Å². The molecule has 17 heavy (non-hydrogen) atoms. The van der Waals surface area contributed by atoms with E-state index in [1.54, 1.807) is 19.2 Å². The second kappa shape index (κ2) is 5.44. The second-order valence-corrected chi connectivity index (χ2v) is 4.76. The van der Waals surface area contributed by atoms with Gasteiger partial charge in [0.15, 0.2) is 0 Å². The molecule has 1 N–H and O–H groups in total. The molecule has 2 aromatic heterocycles. The van der Waals surface area contributed by atoms with Gasteiger partial charge >= 0.3 is 0 Å². The van der Waals surface area contributed by atoms with E-state index in [4.69, 9.17) is 16.3 Å². The summed E-state index contributed by atoms with van der Waals surface area (Å²) in [7, 11) is 1.54. The molecule has 2 rings (SSSR count). The Bertz CT molecular complexity index is 504. The van der Waals surface area contributed by atoms with Crippen molar-refractivity contribution in [1.29, 1.82) is 0 Å². The number of methoxy groups -OCH3 is 1. The number of nitrogens with zero attached hydrogens (tertiary/aromatic N) is 2. The van der Waals surface area contributed by atoms with Crippen molar-refractivity contribution in [2.45, 2.75) is 12.5 Å². The summed E-state index contributed by atoms with van der Waals surface area (Å²) in [5.74, 6) is 0.486. The van der Waals surface area contributed by atoms with Gasteiger partial charge in [0.05, 0.1) is 28.8 Å². The van der Waals surface area contributed by atoms with Crippen LogP contribution in [0.15, 0.2) is 23.8 Å². The Hall–Kier alpha value is -1.17. The number of thiophene rings is 1. The minimum Gasteiger partial charge on any atom is -0.481 e. The summed E-state index contributed by atoms with van der Waals surface area (Å²) in [5.41, 5.74) is 0.716. The first-order chi connectivity index (χ1) is 8.20. The smallest absolute Gasteiger partial charge is 0.216 e. The lowest BCUT2D eigenvalue weighted by molar-refractivity contribution is 0.181. The highest BCUT2D eigenvalue weighted by atomic mass is 35.5. The first kappa shape index (κ1) is 12.3. The highest BCUT2D eigenvalue weighted by Crippen LogP contribution is 2.30. The fraction of sp³-hybridized carbons (Fsp3) is 0.273. The van der Waals surface area contributed by atoms with Gasteiger partial charge < -0.3 is 9.84 Å². The van der Waals surface area contributed by atoms with Crippen molar-refractivity contribution in [3.8, 4) is 5.88 Å². The average molecular weight is 271 g/mol. The van der Waals surface area contributed by atoms with Crippen molar-refractivity contribution in [2.75, 3.05) is 7.11 Å². The van der Waals surface area contributed by atoms with Gasteiger partial charge in [0.2, 0.25) is 5.88 Å². The molecule has 0 aliphatic heterocycles. The third-order valence-corrected chi connectivity index (χ3v) is 3.72. The summed E-state index contributed by atoms with van der Waals surface area (Å²) < 4.78 is 4.99. The summed E-state index contributed by atoms with van der Waals surface area (Å²) in [6.45, 7) is 0. The van der Waals surface area contributed by atoms with Crippen molar-refractivity contribution in [1.82, 2.24) is 9.97 Å². The number of hydrogen-bond acceptors (Lipinski definition) is 5. The maximum Gasteiger partial charge on any atom is 0.216 e. The minimum absolute atomic E-state index is 0.388. The molecule has 0 aliphatic carbocycles. The van der Waals surface area contributed by atoms with Crippen LogP contribution in [-0.4, -0.2) is 22.2 Å². The Morgan fingerprint density at radius 1 is 1.53 bits per heavy atom. The second-order valence-electron chi connectivity index (χ2n) is 3.40. The van der Waals surface area contributed by atoms with Gasteiger partial charge in [-0.05, 0) is 11.4 Å². The standard InChI is InChI=1S/C11H11ClN2O2S/c1-16-10-5-7(13-6-14-10)4-9(15)11-8(12)2-3-17-11/h2-3,5-6,9,15H,4H2,1H3. The van der Waals surface area contributed by atoms with E-state index >= 15 is 0 Å². The quantitative estimate of drug-likeness (QED) is 0.927. The largest absolute Gasteiger partial charge is 0.481 e. The van der Waals surface area contributed by atoms with E-state index in [0.717, 1.165) is 4.88 Å². The molecule has 2 heterocycles. The number of ether oxygens (including phenoxy) is 1. The third-order valence-electron chi connectivity index (χ3n) is 2.26. The molecule has 0 aromatic carbocycles. The van der Waals surface area contributed by atoms with Crippen LogP contribution in [0.4, 0.5) is 0 Å². The van der Waals surface area contributed by atoms with Crippen molar-refractivity contribution in [3.05, 3.63) is 39.4 Å². The SMILES string of the molecule is COc1cc(CC(O)c2sccc2Cl)ncn1. The maximum absolute atomic E-state index is 10.0. The predicted molar refractivity (Wildman–Crippen MR) is 66.6 cm³/mol. The van der Waals surface area contributed by atoms with Gasteiger partial charge in [0.25, 0.3) is 0 Å². The topological polar surface area (TPSA) is 55.2 Å². The number of rotatable bonds is 4. The summed E-state index contributed by atoms with van der Waals surface area (Å²) in [4.78, 5) is 8.74. The zero-order valence-electron chi connectivity index (χ0n) is 9.13. The Labute approximate surface area is 108 Å². The lowest BCUT2D eigenvalue weighted by Gasteiger charge is -2.09. The fourth-order valence-corrected chi connectivity index (χ4v) is 2.60. The van der Waals surface area contributed by atoms with E-state index in [-0.39, 0.29) is 0 Å². The molecule has 0 bridgehead atoms. The number of hydrogen-bond donors (Lipinski definition) is 1. The van der Waals surface area contributed by atoms with E-state index in [1.807, 2.05) is 5.38 Å². The number of halogens is 1. The van der Waals surface area contributed by atoms with E-state index < -0.39 is 6.10 Å². The summed E-state index contributed by atoms with van der Waals surface area (Å²) >= 11 is 7.38. The third kappa shape index (κ3) is 2.94. The van der Waals surface area contributed by atoms with E-state index in [0.29, 0.717) is 23.0 Å². The molecular formula is C11H11ClN2O2S. The number of aromatic nitrogens is 2. The minimum atomic E-state index is -0.651. The van der Waals surface area contributed by atoms with Crippen molar-refractivity contribution < 1.29 is 9.84 Å². The van der Waals surface area contributed by atoms with Gasteiger partial charge in [-0.1, -0.05) is 11.6 Å². The number of aliphatic hydroxyl groups is 1. The maximum atomic E-state index is 10.0. The van der Waals surface area contributed by atoms with Crippen molar-refractivity contribution >= 4 is 22.9 Å². The van der Waals surface area contributed by atoms with Crippen LogP contribution in [0.25, 0.3) is 0 Å². The average Bonchev–Trinajstić information content (AvgIpc) is 2.76.